The summed E-state index contributed by atoms with van der Waals surface area (Å²) in [6.07, 6.45) is 0. The van der Waals surface area contributed by atoms with Gasteiger partial charge < -0.3 is 9.92 Å². The van der Waals surface area contributed by atoms with E-state index in [-0.39, 0.29) is 17.7 Å². The zero-order valence-corrected chi connectivity index (χ0v) is 13.5. The molecule has 1 aromatic carbocycles. The van der Waals surface area contributed by atoms with E-state index in [4.69, 9.17) is 15.1 Å². The molecule has 0 radical (unpaired) electrons. The smallest absolute Gasteiger partial charge is 0.370 e. The lowest BCUT2D eigenvalue weighted by molar-refractivity contribution is 0.482. The number of rotatable bonds is 3. The predicted molar refractivity (Wildman–Crippen MR) is 79.5 cm³/mol. The Morgan fingerprint density at radius 2 is 1.89 bits per heavy atom. The van der Waals surface area contributed by atoms with Crippen molar-refractivity contribution in [2.75, 3.05) is 0 Å². The Morgan fingerprint density at radius 3 is 2.28 bits per heavy atom. The van der Waals surface area contributed by atoms with E-state index in [0.717, 1.165) is 5.56 Å². The SMILES string of the molecule is CC(C)(C)c1cc(I)c(OS(N)(=O)=O)c(CN)c1. The molecular weight excluding hydrogens is 367 g/mol. The van der Waals surface area contributed by atoms with Crippen LogP contribution in [0, 0.1) is 3.57 Å². The summed E-state index contributed by atoms with van der Waals surface area (Å²) >= 11 is 2.01. The van der Waals surface area contributed by atoms with Crippen molar-refractivity contribution in [3.8, 4) is 5.75 Å². The Balaban J connectivity index is 3.38. The quantitative estimate of drug-likeness (QED) is 0.775. The first-order valence-corrected chi connectivity index (χ1v) is 7.85. The second kappa shape index (κ2) is 5.32. The third kappa shape index (κ3) is 4.08. The van der Waals surface area contributed by atoms with Crippen LogP contribution in [0.25, 0.3) is 0 Å². The largest absolute Gasteiger partial charge is 0.380 e. The van der Waals surface area contributed by atoms with E-state index < -0.39 is 10.3 Å². The maximum absolute atomic E-state index is 11.0. The average Bonchev–Trinajstić information content (AvgIpc) is 2.17. The van der Waals surface area contributed by atoms with E-state index in [2.05, 4.69) is 20.8 Å². The number of hydrogen-bond donors (Lipinski definition) is 2. The fraction of sp³-hybridized carbons (Fsp3) is 0.455. The summed E-state index contributed by atoms with van der Waals surface area (Å²) in [6.45, 7) is 6.39. The first-order chi connectivity index (χ1) is 8.04. The highest BCUT2D eigenvalue weighted by molar-refractivity contribution is 14.1. The van der Waals surface area contributed by atoms with Gasteiger partial charge in [0.15, 0.2) is 5.75 Å². The molecule has 102 valence electrons. The molecule has 0 fully saturated rings. The van der Waals surface area contributed by atoms with Crippen LogP contribution in [-0.2, 0) is 22.3 Å². The highest BCUT2D eigenvalue weighted by atomic mass is 127. The first kappa shape index (κ1) is 15.7. The Labute approximate surface area is 121 Å². The lowest BCUT2D eigenvalue weighted by atomic mass is 9.86. The van der Waals surface area contributed by atoms with Crippen molar-refractivity contribution in [1.82, 2.24) is 0 Å². The van der Waals surface area contributed by atoms with E-state index >= 15 is 0 Å². The molecule has 1 aromatic rings. The van der Waals surface area contributed by atoms with E-state index in [1.165, 1.54) is 0 Å². The van der Waals surface area contributed by atoms with Gasteiger partial charge in [-0.1, -0.05) is 26.8 Å². The number of hydrogen-bond acceptors (Lipinski definition) is 4. The molecule has 0 aromatic heterocycles. The number of nitrogens with two attached hydrogens (primary N) is 2. The van der Waals surface area contributed by atoms with Gasteiger partial charge in [-0.2, -0.15) is 13.6 Å². The molecular formula is C11H17IN2O3S. The molecule has 0 aliphatic rings. The molecule has 0 saturated carbocycles. The van der Waals surface area contributed by atoms with Gasteiger partial charge in [0.05, 0.1) is 3.57 Å². The topological polar surface area (TPSA) is 95.4 Å². The third-order valence-corrected chi connectivity index (χ3v) is 3.61. The Morgan fingerprint density at radius 1 is 1.33 bits per heavy atom. The van der Waals surface area contributed by atoms with Gasteiger partial charge in [-0.15, -0.1) is 0 Å². The van der Waals surface area contributed by atoms with Gasteiger partial charge in [0.1, 0.15) is 0 Å². The molecule has 0 unspecified atom stereocenters. The van der Waals surface area contributed by atoms with Gasteiger partial charge in [0.2, 0.25) is 0 Å². The number of halogens is 1. The molecule has 0 spiro atoms. The van der Waals surface area contributed by atoms with Gasteiger partial charge in [-0.25, -0.2) is 0 Å². The maximum Gasteiger partial charge on any atom is 0.380 e. The second-order valence-corrected chi connectivity index (χ2v) is 7.29. The van der Waals surface area contributed by atoms with E-state index in [0.29, 0.717) is 9.13 Å². The number of benzene rings is 1. The third-order valence-electron chi connectivity index (χ3n) is 2.41. The van der Waals surface area contributed by atoms with E-state index in [1.54, 1.807) is 0 Å². The van der Waals surface area contributed by atoms with Gasteiger partial charge >= 0.3 is 10.3 Å². The average molecular weight is 384 g/mol. The summed E-state index contributed by atoms with van der Waals surface area (Å²) in [7, 11) is -4.04. The van der Waals surface area contributed by atoms with Crippen LogP contribution in [-0.4, -0.2) is 8.42 Å². The predicted octanol–water partition coefficient (Wildman–Crippen LogP) is 1.63. The fourth-order valence-corrected chi connectivity index (χ4v) is 2.82. The van der Waals surface area contributed by atoms with Crippen LogP contribution in [0.4, 0.5) is 0 Å². The highest BCUT2D eigenvalue weighted by Crippen LogP contribution is 2.33. The second-order valence-electron chi connectivity index (χ2n) is 4.98. The summed E-state index contributed by atoms with van der Waals surface area (Å²) in [5.74, 6) is 0.216. The Hall–Kier alpha value is -0.380. The van der Waals surface area contributed by atoms with Crippen LogP contribution in [0.2, 0.25) is 0 Å². The van der Waals surface area contributed by atoms with Crippen molar-refractivity contribution in [3.05, 3.63) is 26.8 Å². The van der Waals surface area contributed by atoms with Crippen LogP contribution in [0.3, 0.4) is 0 Å². The Bertz CT molecular complexity index is 550. The molecule has 0 saturated heterocycles. The zero-order valence-electron chi connectivity index (χ0n) is 10.5. The minimum Gasteiger partial charge on any atom is -0.370 e. The van der Waals surface area contributed by atoms with Crippen LogP contribution in [0.5, 0.6) is 5.75 Å². The highest BCUT2D eigenvalue weighted by Gasteiger charge is 2.20. The Kier molecular flexibility index (Phi) is 4.63. The minimum absolute atomic E-state index is 0.0516. The lowest BCUT2D eigenvalue weighted by Gasteiger charge is -2.22. The van der Waals surface area contributed by atoms with Crippen molar-refractivity contribution in [3.63, 3.8) is 0 Å². The standard InChI is InChI=1S/C11H17IN2O3S/c1-11(2,3)8-4-7(6-13)10(9(12)5-8)17-18(14,15)16/h4-5H,6,13H2,1-3H3,(H2,14,15,16). The molecule has 18 heavy (non-hydrogen) atoms. The molecule has 0 bridgehead atoms. The van der Waals surface area contributed by atoms with Crippen molar-refractivity contribution in [1.29, 1.82) is 0 Å². The molecule has 0 aliphatic carbocycles. The van der Waals surface area contributed by atoms with Gasteiger partial charge in [0.25, 0.3) is 0 Å². The maximum atomic E-state index is 11.0. The molecule has 0 atom stereocenters. The van der Waals surface area contributed by atoms with Crippen molar-refractivity contribution in [2.24, 2.45) is 10.9 Å². The summed E-state index contributed by atoms with van der Waals surface area (Å²) in [6, 6.07) is 3.73. The van der Waals surface area contributed by atoms with Crippen LogP contribution < -0.4 is 15.1 Å². The normalized spacial score (nSPS) is 12.6. The van der Waals surface area contributed by atoms with Gasteiger partial charge in [-0.05, 0) is 39.6 Å². The van der Waals surface area contributed by atoms with E-state index in [1.807, 2.05) is 34.7 Å². The van der Waals surface area contributed by atoms with Crippen molar-refractivity contribution in [2.45, 2.75) is 32.7 Å². The summed E-state index contributed by atoms with van der Waals surface area (Å²) in [4.78, 5) is 0. The molecule has 0 aliphatic heterocycles. The molecule has 1 rings (SSSR count). The van der Waals surface area contributed by atoms with Gasteiger partial charge in [0, 0.05) is 12.1 Å². The molecule has 0 heterocycles. The van der Waals surface area contributed by atoms with E-state index in [9.17, 15) is 8.42 Å². The first-order valence-electron chi connectivity index (χ1n) is 5.30. The van der Waals surface area contributed by atoms with Crippen molar-refractivity contribution >= 4 is 32.9 Å². The summed E-state index contributed by atoms with van der Waals surface area (Å²) in [5, 5.41) is 4.89. The molecule has 5 nitrogen and oxygen atoms in total. The monoisotopic (exact) mass is 384 g/mol. The molecule has 7 heteroatoms. The van der Waals surface area contributed by atoms with Crippen molar-refractivity contribution < 1.29 is 12.6 Å². The summed E-state index contributed by atoms with van der Waals surface area (Å²) < 4.78 is 27.5. The van der Waals surface area contributed by atoms with Crippen LogP contribution >= 0.6 is 22.6 Å². The lowest BCUT2D eigenvalue weighted by Crippen LogP contribution is -2.21. The summed E-state index contributed by atoms with van der Waals surface area (Å²) in [5.41, 5.74) is 7.27. The molecule has 4 N–H and O–H groups in total. The minimum atomic E-state index is -4.04. The van der Waals surface area contributed by atoms with Gasteiger partial charge in [-0.3, -0.25) is 0 Å². The van der Waals surface area contributed by atoms with Crippen LogP contribution in [0.1, 0.15) is 31.9 Å². The van der Waals surface area contributed by atoms with Crippen LogP contribution in [0.15, 0.2) is 12.1 Å². The fourth-order valence-electron chi connectivity index (χ4n) is 1.44. The molecule has 0 amide bonds. The zero-order chi connectivity index (χ0) is 14.1.